The van der Waals surface area contributed by atoms with Gasteiger partial charge in [0.05, 0.1) is 12.6 Å². The van der Waals surface area contributed by atoms with Crippen LogP contribution in [0.2, 0.25) is 0 Å². The van der Waals surface area contributed by atoms with E-state index in [-0.39, 0.29) is 12.0 Å². The molecule has 0 aliphatic carbocycles. The van der Waals surface area contributed by atoms with Gasteiger partial charge in [-0.25, -0.2) is 4.79 Å². The van der Waals surface area contributed by atoms with E-state index in [1.807, 2.05) is 66.7 Å². The van der Waals surface area contributed by atoms with Crippen molar-refractivity contribution in [2.24, 2.45) is 0 Å². The summed E-state index contributed by atoms with van der Waals surface area (Å²) in [7, 11) is 0. The molecule has 0 aliphatic rings. The first-order valence-electron chi connectivity index (χ1n) is 9.08. The highest BCUT2D eigenvalue weighted by Gasteiger charge is 2.16. The first-order chi connectivity index (χ1) is 13.3. The zero-order valence-corrected chi connectivity index (χ0v) is 15.3. The third-order valence-corrected chi connectivity index (χ3v) is 4.20. The Morgan fingerprint density at radius 3 is 1.81 bits per heavy atom. The van der Waals surface area contributed by atoms with Gasteiger partial charge in [0, 0.05) is 11.8 Å². The van der Waals surface area contributed by atoms with E-state index < -0.39 is 0 Å². The van der Waals surface area contributed by atoms with Gasteiger partial charge < -0.3 is 10.1 Å². The van der Waals surface area contributed by atoms with Crippen molar-refractivity contribution in [1.82, 2.24) is 5.32 Å². The standard InChI is InChI=1S/C24H23NO2/c1-2-27-23(26)18-22(19-12-6-3-7-13-19)25-24(20-14-8-4-9-15-20)21-16-10-5-11-17-21/h3-18,24-25H,2H2,1H3/b22-18-. The van der Waals surface area contributed by atoms with Gasteiger partial charge in [-0.05, 0) is 23.6 Å². The maximum absolute atomic E-state index is 12.1. The minimum atomic E-state index is -0.358. The number of carbonyl (C=O) groups excluding carboxylic acids is 1. The molecule has 136 valence electrons. The molecule has 1 N–H and O–H groups in total. The van der Waals surface area contributed by atoms with Crippen LogP contribution in [0.3, 0.4) is 0 Å². The first kappa shape index (κ1) is 18.5. The van der Waals surface area contributed by atoms with Crippen molar-refractivity contribution in [2.75, 3.05) is 6.61 Å². The number of benzene rings is 3. The number of hydrogen-bond acceptors (Lipinski definition) is 3. The lowest BCUT2D eigenvalue weighted by Crippen LogP contribution is -2.22. The normalized spacial score (nSPS) is 11.3. The van der Waals surface area contributed by atoms with Crippen molar-refractivity contribution < 1.29 is 9.53 Å². The summed E-state index contributed by atoms with van der Waals surface area (Å²) in [6.07, 6.45) is 1.53. The van der Waals surface area contributed by atoms with E-state index in [2.05, 4.69) is 29.6 Å². The van der Waals surface area contributed by atoms with Gasteiger partial charge in [0.1, 0.15) is 0 Å². The SMILES string of the molecule is CCOC(=O)/C=C(\NC(c1ccccc1)c1ccccc1)c1ccccc1. The molecule has 0 bridgehead atoms. The second kappa shape index (κ2) is 9.39. The molecule has 3 aromatic carbocycles. The molecular weight excluding hydrogens is 334 g/mol. The van der Waals surface area contributed by atoms with E-state index in [1.54, 1.807) is 6.92 Å². The Labute approximate surface area is 160 Å². The number of hydrogen-bond donors (Lipinski definition) is 1. The lowest BCUT2D eigenvalue weighted by atomic mass is 9.97. The van der Waals surface area contributed by atoms with Crippen LogP contribution in [0.5, 0.6) is 0 Å². The van der Waals surface area contributed by atoms with Crippen LogP contribution in [0, 0.1) is 0 Å². The van der Waals surface area contributed by atoms with Crippen molar-refractivity contribution in [3.63, 3.8) is 0 Å². The summed E-state index contributed by atoms with van der Waals surface area (Å²) in [5.74, 6) is -0.358. The van der Waals surface area contributed by atoms with Crippen LogP contribution in [0.25, 0.3) is 5.70 Å². The van der Waals surface area contributed by atoms with E-state index in [1.165, 1.54) is 6.08 Å². The molecule has 0 aromatic heterocycles. The molecule has 0 spiro atoms. The Morgan fingerprint density at radius 2 is 1.33 bits per heavy atom. The minimum Gasteiger partial charge on any atom is -0.463 e. The Hall–Kier alpha value is -3.33. The first-order valence-corrected chi connectivity index (χ1v) is 9.08. The van der Waals surface area contributed by atoms with E-state index in [0.29, 0.717) is 6.61 Å². The van der Waals surface area contributed by atoms with Gasteiger partial charge in [-0.3, -0.25) is 0 Å². The van der Waals surface area contributed by atoms with Crippen LogP contribution in [0.1, 0.15) is 29.7 Å². The molecule has 0 amide bonds. The molecule has 0 heterocycles. The molecule has 3 aromatic rings. The molecule has 0 aliphatic heterocycles. The maximum Gasteiger partial charge on any atom is 0.332 e. The average Bonchev–Trinajstić information content (AvgIpc) is 2.73. The zero-order chi connectivity index (χ0) is 18.9. The van der Waals surface area contributed by atoms with Crippen LogP contribution in [0.4, 0.5) is 0 Å². The number of esters is 1. The lowest BCUT2D eigenvalue weighted by molar-refractivity contribution is -0.137. The molecule has 0 saturated carbocycles. The van der Waals surface area contributed by atoms with Gasteiger partial charge in [-0.1, -0.05) is 91.0 Å². The number of ether oxygens (including phenoxy) is 1. The van der Waals surface area contributed by atoms with Crippen LogP contribution in [-0.4, -0.2) is 12.6 Å². The number of rotatable bonds is 7. The molecule has 3 rings (SSSR count). The largest absolute Gasteiger partial charge is 0.463 e. The molecule has 0 fully saturated rings. The summed E-state index contributed by atoms with van der Waals surface area (Å²) in [4.78, 5) is 12.1. The van der Waals surface area contributed by atoms with Crippen molar-refractivity contribution in [3.05, 3.63) is 114 Å². The summed E-state index contributed by atoms with van der Waals surface area (Å²) >= 11 is 0. The molecule has 0 radical (unpaired) electrons. The smallest absolute Gasteiger partial charge is 0.332 e. The highest BCUT2D eigenvalue weighted by Crippen LogP contribution is 2.25. The number of nitrogens with one attached hydrogen (secondary N) is 1. The summed E-state index contributed by atoms with van der Waals surface area (Å²) in [6, 6.07) is 30.1. The van der Waals surface area contributed by atoms with Crippen molar-refractivity contribution in [3.8, 4) is 0 Å². The van der Waals surface area contributed by atoms with E-state index >= 15 is 0 Å². The maximum atomic E-state index is 12.1. The Morgan fingerprint density at radius 1 is 0.852 bits per heavy atom. The number of carbonyl (C=O) groups is 1. The summed E-state index contributed by atoms with van der Waals surface area (Å²) < 4.78 is 5.13. The zero-order valence-electron chi connectivity index (χ0n) is 15.3. The van der Waals surface area contributed by atoms with E-state index in [0.717, 1.165) is 22.4 Å². The fraction of sp³-hybridized carbons (Fsp3) is 0.125. The molecule has 27 heavy (non-hydrogen) atoms. The molecule has 0 saturated heterocycles. The average molecular weight is 357 g/mol. The summed E-state index contributed by atoms with van der Waals surface area (Å²) in [6.45, 7) is 2.15. The second-order valence-corrected chi connectivity index (χ2v) is 6.07. The van der Waals surface area contributed by atoms with Crippen LogP contribution >= 0.6 is 0 Å². The van der Waals surface area contributed by atoms with Gasteiger partial charge in [0.2, 0.25) is 0 Å². The van der Waals surface area contributed by atoms with Crippen molar-refractivity contribution in [2.45, 2.75) is 13.0 Å². The highest BCUT2D eigenvalue weighted by molar-refractivity contribution is 5.91. The molecule has 0 atom stereocenters. The minimum absolute atomic E-state index is 0.0896. The summed E-state index contributed by atoms with van der Waals surface area (Å²) in [5.41, 5.74) is 3.90. The van der Waals surface area contributed by atoms with Gasteiger partial charge in [0.25, 0.3) is 0 Å². The predicted octanol–water partition coefficient (Wildman–Crippen LogP) is 4.97. The Kier molecular flexibility index (Phi) is 6.42. The topological polar surface area (TPSA) is 38.3 Å². The predicted molar refractivity (Wildman–Crippen MR) is 109 cm³/mol. The Bertz CT molecular complexity index is 835. The third-order valence-electron chi connectivity index (χ3n) is 4.20. The second-order valence-electron chi connectivity index (χ2n) is 6.07. The van der Waals surface area contributed by atoms with Crippen LogP contribution in [0.15, 0.2) is 97.1 Å². The van der Waals surface area contributed by atoms with Crippen molar-refractivity contribution in [1.29, 1.82) is 0 Å². The van der Waals surface area contributed by atoms with Crippen molar-refractivity contribution >= 4 is 11.7 Å². The fourth-order valence-electron chi connectivity index (χ4n) is 2.93. The monoisotopic (exact) mass is 357 g/mol. The quantitative estimate of drug-likeness (QED) is 0.479. The highest BCUT2D eigenvalue weighted by atomic mass is 16.5. The molecule has 0 unspecified atom stereocenters. The van der Waals surface area contributed by atoms with Gasteiger partial charge in [-0.2, -0.15) is 0 Å². The third kappa shape index (κ3) is 5.08. The van der Waals surface area contributed by atoms with Gasteiger partial charge in [0.15, 0.2) is 0 Å². The molecule has 3 nitrogen and oxygen atoms in total. The van der Waals surface area contributed by atoms with Gasteiger partial charge >= 0.3 is 5.97 Å². The van der Waals surface area contributed by atoms with Crippen LogP contribution in [-0.2, 0) is 9.53 Å². The van der Waals surface area contributed by atoms with Gasteiger partial charge in [-0.15, -0.1) is 0 Å². The molecule has 3 heteroatoms. The Balaban J connectivity index is 2.01. The van der Waals surface area contributed by atoms with E-state index in [4.69, 9.17) is 4.74 Å². The molecular formula is C24H23NO2. The lowest BCUT2D eigenvalue weighted by Gasteiger charge is -2.23. The van der Waals surface area contributed by atoms with E-state index in [9.17, 15) is 4.79 Å². The van der Waals surface area contributed by atoms with Crippen LogP contribution < -0.4 is 5.32 Å². The fourth-order valence-corrected chi connectivity index (χ4v) is 2.93. The summed E-state index contributed by atoms with van der Waals surface area (Å²) in [5, 5.41) is 3.55.